The molecule has 2 aromatic rings. The highest BCUT2D eigenvalue weighted by Gasteiger charge is 2.07. The molecule has 1 N–H and O–H groups in total. The minimum absolute atomic E-state index is 0.112. The molecule has 0 aliphatic heterocycles. The van der Waals surface area contributed by atoms with Crippen molar-refractivity contribution in [2.75, 3.05) is 0 Å². The highest BCUT2D eigenvalue weighted by Crippen LogP contribution is 2.27. The number of terminal acetylenes is 1. The fourth-order valence-electron chi connectivity index (χ4n) is 1.43. The van der Waals surface area contributed by atoms with Crippen LogP contribution in [0.1, 0.15) is 5.56 Å². The van der Waals surface area contributed by atoms with Gasteiger partial charge in [-0.3, -0.25) is 4.98 Å². The average molecular weight is 195 g/mol. The van der Waals surface area contributed by atoms with Crippen molar-refractivity contribution in [2.24, 2.45) is 0 Å². The number of benzene rings is 1. The number of aromatic nitrogens is 1. The predicted molar refractivity (Wildman–Crippen MR) is 59.3 cm³/mol. The van der Waals surface area contributed by atoms with Gasteiger partial charge >= 0.3 is 0 Å². The molecule has 72 valence electrons. The molecule has 0 amide bonds. The fraction of sp³-hybridized carbons (Fsp3) is 0. The van der Waals surface area contributed by atoms with Crippen LogP contribution in [0.3, 0.4) is 0 Å². The number of nitrogens with zero attached hydrogens (tertiary/aromatic N) is 1. The summed E-state index contributed by atoms with van der Waals surface area (Å²) in [5.74, 6) is 2.58. The summed E-state index contributed by atoms with van der Waals surface area (Å²) >= 11 is 0. The van der Waals surface area contributed by atoms with Gasteiger partial charge in [-0.05, 0) is 18.2 Å². The molecular formula is C13H9NO. The van der Waals surface area contributed by atoms with E-state index in [0.29, 0.717) is 5.56 Å². The van der Waals surface area contributed by atoms with Crippen LogP contribution in [0.15, 0.2) is 42.6 Å². The molecule has 0 bridgehead atoms. The molecular weight excluding hydrogens is 186 g/mol. The molecule has 0 aliphatic carbocycles. The van der Waals surface area contributed by atoms with Crippen molar-refractivity contribution in [1.29, 1.82) is 0 Å². The molecule has 1 heterocycles. The van der Waals surface area contributed by atoms with E-state index in [1.807, 2.05) is 24.3 Å². The van der Waals surface area contributed by atoms with Crippen molar-refractivity contribution in [3.8, 4) is 29.4 Å². The summed E-state index contributed by atoms with van der Waals surface area (Å²) in [6, 6.07) is 10.7. The van der Waals surface area contributed by atoms with E-state index in [2.05, 4.69) is 10.9 Å². The predicted octanol–water partition coefficient (Wildman–Crippen LogP) is 2.44. The Labute approximate surface area is 88.2 Å². The van der Waals surface area contributed by atoms with Gasteiger partial charge in [0.2, 0.25) is 0 Å². The van der Waals surface area contributed by atoms with E-state index >= 15 is 0 Å². The molecule has 0 radical (unpaired) electrons. The Balaban J connectivity index is 2.65. The summed E-state index contributed by atoms with van der Waals surface area (Å²) in [7, 11) is 0. The monoisotopic (exact) mass is 195 g/mol. The normalized spacial score (nSPS) is 9.53. The highest BCUT2D eigenvalue weighted by atomic mass is 16.3. The Morgan fingerprint density at radius 3 is 2.67 bits per heavy atom. The minimum atomic E-state index is 0.112. The minimum Gasteiger partial charge on any atom is -0.507 e. The van der Waals surface area contributed by atoms with E-state index in [1.165, 1.54) is 0 Å². The standard InChI is InChI=1S/C13H9NO/c1-2-10-11(6-5-8-13(10)15)12-7-3-4-9-14-12/h1,3-9,15H. The lowest BCUT2D eigenvalue weighted by Crippen LogP contribution is -1.87. The first-order valence-corrected chi connectivity index (χ1v) is 4.53. The molecule has 2 nitrogen and oxygen atoms in total. The average Bonchev–Trinajstić information content (AvgIpc) is 2.30. The Hall–Kier alpha value is -2.27. The number of hydrogen-bond donors (Lipinski definition) is 1. The molecule has 0 saturated carbocycles. The third kappa shape index (κ3) is 1.68. The second-order valence-electron chi connectivity index (χ2n) is 3.06. The van der Waals surface area contributed by atoms with Gasteiger partial charge in [0.1, 0.15) is 5.75 Å². The molecule has 0 unspecified atom stereocenters. The van der Waals surface area contributed by atoms with Crippen LogP contribution in [0, 0.1) is 12.3 Å². The number of pyridine rings is 1. The van der Waals surface area contributed by atoms with Gasteiger partial charge in [-0.1, -0.05) is 24.1 Å². The second-order valence-corrected chi connectivity index (χ2v) is 3.06. The summed E-state index contributed by atoms with van der Waals surface area (Å²) < 4.78 is 0. The van der Waals surface area contributed by atoms with Crippen LogP contribution in [0.25, 0.3) is 11.3 Å². The number of hydrogen-bond acceptors (Lipinski definition) is 2. The lowest BCUT2D eigenvalue weighted by molar-refractivity contribution is 0.474. The molecule has 15 heavy (non-hydrogen) atoms. The Bertz CT molecular complexity index is 512. The van der Waals surface area contributed by atoms with Crippen molar-refractivity contribution in [3.05, 3.63) is 48.2 Å². The van der Waals surface area contributed by atoms with Gasteiger partial charge in [-0.25, -0.2) is 0 Å². The molecule has 1 aromatic carbocycles. The van der Waals surface area contributed by atoms with Gasteiger partial charge < -0.3 is 5.11 Å². The Morgan fingerprint density at radius 1 is 1.13 bits per heavy atom. The Morgan fingerprint density at radius 2 is 2.00 bits per heavy atom. The zero-order valence-corrected chi connectivity index (χ0v) is 8.01. The maximum Gasteiger partial charge on any atom is 0.131 e. The van der Waals surface area contributed by atoms with Gasteiger partial charge in [0, 0.05) is 11.8 Å². The molecule has 1 aromatic heterocycles. The highest BCUT2D eigenvalue weighted by molar-refractivity contribution is 5.71. The van der Waals surface area contributed by atoms with Crippen molar-refractivity contribution < 1.29 is 5.11 Å². The van der Waals surface area contributed by atoms with E-state index in [1.54, 1.807) is 18.3 Å². The van der Waals surface area contributed by atoms with Crippen molar-refractivity contribution >= 4 is 0 Å². The van der Waals surface area contributed by atoms with Crippen LogP contribution >= 0.6 is 0 Å². The molecule has 0 fully saturated rings. The Kier molecular flexibility index (Phi) is 2.38. The number of phenols is 1. The van der Waals surface area contributed by atoms with Crippen molar-refractivity contribution in [2.45, 2.75) is 0 Å². The van der Waals surface area contributed by atoms with Gasteiger partial charge in [-0.15, -0.1) is 6.42 Å². The fourth-order valence-corrected chi connectivity index (χ4v) is 1.43. The van der Waals surface area contributed by atoms with E-state index in [4.69, 9.17) is 6.42 Å². The molecule has 0 spiro atoms. The summed E-state index contributed by atoms with van der Waals surface area (Å²) in [4.78, 5) is 4.19. The summed E-state index contributed by atoms with van der Waals surface area (Å²) in [6.45, 7) is 0. The molecule has 2 heteroatoms. The number of aromatic hydroxyl groups is 1. The van der Waals surface area contributed by atoms with Gasteiger partial charge in [-0.2, -0.15) is 0 Å². The van der Waals surface area contributed by atoms with E-state index in [9.17, 15) is 5.11 Å². The van der Waals surface area contributed by atoms with Crippen LogP contribution < -0.4 is 0 Å². The van der Waals surface area contributed by atoms with Gasteiger partial charge in [0.15, 0.2) is 0 Å². The lowest BCUT2D eigenvalue weighted by atomic mass is 10.0. The van der Waals surface area contributed by atoms with Crippen LogP contribution in [0.5, 0.6) is 5.75 Å². The van der Waals surface area contributed by atoms with Gasteiger partial charge in [0.05, 0.1) is 11.3 Å². The number of rotatable bonds is 1. The van der Waals surface area contributed by atoms with E-state index in [0.717, 1.165) is 11.3 Å². The summed E-state index contributed by atoms with van der Waals surface area (Å²) in [6.07, 6.45) is 7.05. The molecule has 0 aliphatic rings. The topological polar surface area (TPSA) is 33.1 Å². The van der Waals surface area contributed by atoms with Crippen LogP contribution in [-0.4, -0.2) is 10.1 Å². The van der Waals surface area contributed by atoms with Crippen LogP contribution in [-0.2, 0) is 0 Å². The van der Waals surface area contributed by atoms with Crippen molar-refractivity contribution in [3.63, 3.8) is 0 Å². The first-order chi connectivity index (χ1) is 7.33. The lowest BCUT2D eigenvalue weighted by Gasteiger charge is -2.05. The summed E-state index contributed by atoms with van der Waals surface area (Å²) in [5, 5.41) is 9.58. The third-order valence-electron chi connectivity index (χ3n) is 2.13. The zero-order chi connectivity index (χ0) is 10.7. The van der Waals surface area contributed by atoms with Crippen LogP contribution in [0.2, 0.25) is 0 Å². The number of phenolic OH excluding ortho intramolecular Hbond substituents is 1. The molecule has 0 saturated heterocycles. The smallest absolute Gasteiger partial charge is 0.131 e. The maximum atomic E-state index is 9.58. The van der Waals surface area contributed by atoms with Gasteiger partial charge in [0.25, 0.3) is 0 Å². The SMILES string of the molecule is C#Cc1c(O)cccc1-c1ccccn1. The van der Waals surface area contributed by atoms with E-state index < -0.39 is 0 Å². The van der Waals surface area contributed by atoms with Crippen molar-refractivity contribution in [1.82, 2.24) is 4.98 Å². The third-order valence-corrected chi connectivity index (χ3v) is 2.13. The summed E-state index contributed by atoms with van der Waals surface area (Å²) in [5.41, 5.74) is 2.02. The first kappa shape index (κ1) is 9.29. The molecule has 0 atom stereocenters. The largest absolute Gasteiger partial charge is 0.507 e. The molecule has 2 rings (SSSR count). The van der Waals surface area contributed by atoms with E-state index in [-0.39, 0.29) is 5.75 Å². The van der Waals surface area contributed by atoms with Crippen LogP contribution in [0.4, 0.5) is 0 Å². The second kappa shape index (κ2) is 3.85. The maximum absolute atomic E-state index is 9.58. The quantitative estimate of drug-likeness (QED) is 0.709. The zero-order valence-electron chi connectivity index (χ0n) is 8.01. The first-order valence-electron chi connectivity index (χ1n) is 4.53.